The molecule has 3 nitrogen and oxygen atoms in total. The molecule has 2 rings (SSSR count). The molecule has 0 N–H and O–H groups in total. The number of hydrogen-bond acceptors (Lipinski definition) is 2. The molecule has 140 valence electrons. The lowest BCUT2D eigenvalue weighted by Gasteiger charge is -2.40. The number of morpholine rings is 1. The molecule has 6 heteroatoms. The van der Waals surface area contributed by atoms with Gasteiger partial charge in [0.1, 0.15) is 0 Å². The Morgan fingerprint density at radius 2 is 1.96 bits per heavy atom. The molecule has 0 saturated carbocycles. The van der Waals surface area contributed by atoms with Crippen LogP contribution in [0.4, 0.5) is 13.2 Å². The molecule has 25 heavy (non-hydrogen) atoms. The second-order valence-corrected chi connectivity index (χ2v) is 6.94. The van der Waals surface area contributed by atoms with E-state index in [1.165, 1.54) is 23.1 Å². The van der Waals surface area contributed by atoms with Crippen molar-refractivity contribution in [3.8, 4) is 0 Å². The third kappa shape index (κ3) is 4.97. The molecule has 0 aliphatic carbocycles. The number of rotatable bonds is 5. The fourth-order valence-corrected chi connectivity index (χ4v) is 3.08. The SMILES string of the molecule is CCCC[C@@H]1CN(C(=O)c2ccccc2C(F)(F)F)C[C@H](C(C)C)O1. The van der Waals surface area contributed by atoms with E-state index in [0.717, 1.165) is 25.3 Å². The maximum atomic E-state index is 13.2. The van der Waals surface area contributed by atoms with E-state index >= 15 is 0 Å². The number of carbonyl (C=O) groups excluding carboxylic acids is 1. The molecule has 1 fully saturated rings. The van der Waals surface area contributed by atoms with E-state index in [1.807, 2.05) is 13.8 Å². The van der Waals surface area contributed by atoms with Gasteiger partial charge in [-0.3, -0.25) is 4.79 Å². The highest BCUT2D eigenvalue weighted by atomic mass is 19.4. The predicted molar refractivity (Wildman–Crippen MR) is 90.4 cm³/mol. The van der Waals surface area contributed by atoms with Crippen molar-refractivity contribution in [2.75, 3.05) is 13.1 Å². The van der Waals surface area contributed by atoms with Crippen molar-refractivity contribution in [3.63, 3.8) is 0 Å². The van der Waals surface area contributed by atoms with E-state index in [-0.39, 0.29) is 23.7 Å². The summed E-state index contributed by atoms with van der Waals surface area (Å²) in [7, 11) is 0. The lowest BCUT2D eigenvalue weighted by molar-refractivity contribution is -0.138. The van der Waals surface area contributed by atoms with Crippen molar-refractivity contribution >= 4 is 5.91 Å². The van der Waals surface area contributed by atoms with E-state index in [0.29, 0.717) is 13.1 Å². The maximum Gasteiger partial charge on any atom is 0.417 e. The first-order chi connectivity index (χ1) is 11.7. The van der Waals surface area contributed by atoms with Gasteiger partial charge in [-0.25, -0.2) is 0 Å². The third-order valence-electron chi connectivity index (χ3n) is 4.56. The Labute approximate surface area is 147 Å². The molecule has 0 aromatic heterocycles. The second-order valence-electron chi connectivity index (χ2n) is 6.94. The number of ether oxygens (including phenoxy) is 1. The van der Waals surface area contributed by atoms with Crippen LogP contribution >= 0.6 is 0 Å². The largest absolute Gasteiger partial charge is 0.417 e. The average Bonchev–Trinajstić information content (AvgIpc) is 2.58. The lowest BCUT2D eigenvalue weighted by atomic mass is 10.00. The summed E-state index contributed by atoms with van der Waals surface area (Å²) in [6.07, 6.45) is -2.03. The van der Waals surface area contributed by atoms with Gasteiger partial charge in [0.05, 0.1) is 23.3 Å². The quantitative estimate of drug-likeness (QED) is 0.760. The molecule has 1 aliphatic rings. The maximum absolute atomic E-state index is 13.2. The highest BCUT2D eigenvalue weighted by Gasteiger charge is 2.38. The number of unbranched alkanes of at least 4 members (excludes halogenated alkanes) is 1. The van der Waals surface area contributed by atoms with Gasteiger partial charge in [0.25, 0.3) is 5.91 Å². The summed E-state index contributed by atoms with van der Waals surface area (Å²) in [6, 6.07) is 4.99. The molecular formula is C19H26F3NO2. The van der Waals surface area contributed by atoms with E-state index in [2.05, 4.69) is 6.92 Å². The minimum Gasteiger partial charge on any atom is -0.371 e. The van der Waals surface area contributed by atoms with Crippen LogP contribution in [0.3, 0.4) is 0 Å². The summed E-state index contributed by atoms with van der Waals surface area (Å²) in [4.78, 5) is 14.4. The molecule has 1 aromatic carbocycles. The molecule has 1 heterocycles. The molecule has 2 atom stereocenters. The summed E-state index contributed by atoms with van der Waals surface area (Å²) < 4.78 is 45.7. The van der Waals surface area contributed by atoms with Crippen LogP contribution in [0.5, 0.6) is 0 Å². The van der Waals surface area contributed by atoms with Gasteiger partial charge in [-0.05, 0) is 24.5 Å². The van der Waals surface area contributed by atoms with Crippen molar-refractivity contribution < 1.29 is 22.7 Å². The molecule has 0 bridgehead atoms. The van der Waals surface area contributed by atoms with Crippen molar-refractivity contribution in [2.24, 2.45) is 5.92 Å². The van der Waals surface area contributed by atoms with Crippen LogP contribution in [-0.4, -0.2) is 36.1 Å². The monoisotopic (exact) mass is 357 g/mol. The predicted octanol–water partition coefficient (Wildman–Crippen LogP) is 4.76. The van der Waals surface area contributed by atoms with E-state index in [1.54, 1.807) is 0 Å². The Hall–Kier alpha value is -1.56. The zero-order valence-corrected chi connectivity index (χ0v) is 15.0. The fraction of sp³-hybridized carbons (Fsp3) is 0.632. The molecule has 1 saturated heterocycles. The standard InChI is InChI=1S/C19H26F3NO2/c1-4-5-8-14-11-23(12-17(25-14)13(2)3)18(24)15-9-6-7-10-16(15)19(20,21)22/h6-7,9-10,13-14,17H,4-5,8,11-12H2,1-3H3/t14-,17-/m1/s1. The second kappa shape index (κ2) is 8.21. The molecular weight excluding hydrogens is 331 g/mol. The number of alkyl halides is 3. The molecule has 1 aliphatic heterocycles. The van der Waals surface area contributed by atoms with Crippen LogP contribution in [0.1, 0.15) is 56.0 Å². The Morgan fingerprint density at radius 1 is 1.28 bits per heavy atom. The topological polar surface area (TPSA) is 29.5 Å². The smallest absolute Gasteiger partial charge is 0.371 e. The van der Waals surface area contributed by atoms with Crippen LogP contribution in [0, 0.1) is 5.92 Å². The van der Waals surface area contributed by atoms with E-state index in [4.69, 9.17) is 4.74 Å². The van der Waals surface area contributed by atoms with Gasteiger partial charge >= 0.3 is 6.18 Å². The minimum atomic E-state index is -4.54. The molecule has 0 unspecified atom stereocenters. The van der Waals surface area contributed by atoms with Gasteiger partial charge in [-0.2, -0.15) is 13.2 Å². The zero-order valence-electron chi connectivity index (χ0n) is 15.0. The highest BCUT2D eigenvalue weighted by molar-refractivity contribution is 5.96. The summed E-state index contributed by atoms with van der Waals surface area (Å²) in [5.74, 6) is -0.374. The number of halogens is 3. The number of benzene rings is 1. The summed E-state index contributed by atoms with van der Waals surface area (Å²) in [6.45, 7) is 6.74. The normalized spacial score (nSPS) is 21.6. The number of carbonyl (C=O) groups is 1. The van der Waals surface area contributed by atoms with Crippen LogP contribution in [0.15, 0.2) is 24.3 Å². The minimum absolute atomic E-state index is 0.122. The Balaban J connectivity index is 2.25. The lowest BCUT2D eigenvalue weighted by Crippen LogP contribution is -2.51. The summed E-state index contributed by atoms with van der Waals surface area (Å²) in [5, 5.41) is 0. The Morgan fingerprint density at radius 3 is 2.56 bits per heavy atom. The fourth-order valence-electron chi connectivity index (χ4n) is 3.08. The first-order valence-electron chi connectivity index (χ1n) is 8.85. The molecule has 1 aromatic rings. The Kier molecular flexibility index (Phi) is 6.49. The van der Waals surface area contributed by atoms with Crippen LogP contribution < -0.4 is 0 Å². The van der Waals surface area contributed by atoms with Gasteiger partial charge in [0, 0.05) is 13.1 Å². The summed E-state index contributed by atoms with van der Waals surface area (Å²) >= 11 is 0. The number of nitrogens with zero attached hydrogens (tertiary/aromatic N) is 1. The average molecular weight is 357 g/mol. The summed E-state index contributed by atoms with van der Waals surface area (Å²) in [5.41, 5.74) is -1.16. The van der Waals surface area contributed by atoms with Crippen molar-refractivity contribution in [2.45, 2.75) is 58.4 Å². The molecule has 0 spiro atoms. The first-order valence-corrected chi connectivity index (χ1v) is 8.85. The van der Waals surface area contributed by atoms with Crippen molar-refractivity contribution in [3.05, 3.63) is 35.4 Å². The van der Waals surface area contributed by atoms with Crippen LogP contribution in [0.25, 0.3) is 0 Å². The van der Waals surface area contributed by atoms with Gasteiger partial charge in [0.15, 0.2) is 0 Å². The molecule has 1 amide bonds. The number of amides is 1. The van der Waals surface area contributed by atoms with E-state index < -0.39 is 17.6 Å². The molecule has 0 radical (unpaired) electrons. The zero-order chi connectivity index (χ0) is 18.6. The first kappa shape index (κ1) is 19.8. The van der Waals surface area contributed by atoms with Crippen molar-refractivity contribution in [1.82, 2.24) is 4.90 Å². The van der Waals surface area contributed by atoms with Gasteiger partial charge in [-0.1, -0.05) is 45.7 Å². The number of hydrogen-bond donors (Lipinski definition) is 0. The Bertz CT molecular complexity index is 586. The van der Waals surface area contributed by atoms with Crippen LogP contribution in [-0.2, 0) is 10.9 Å². The van der Waals surface area contributed by atoms with Gasteiger partial charge < -0.3 is 9.64 Å². The van der Waals surface area contributed by atoms with Crippen molar-refractivity contribution in [1.29, 1.82) is 0 Å². The highest BCUT2D eigenvalue weighted by Crippen LogP contribution is 2.33. The third-order valence-corrected chi connectivity index (χ3v) is 4.56. The van der Waals surface area contributed by atoms with Gasteiger partial charge in [0.2, 0.25) is 0 Å². The van der Waals surface area contributed by atoms with E-state index in [9.17, 15) is 18.0 Å². The van der Waals surface area contributed by atoms with Gasteiger partial charge in [-0.15, -0.1) is 0 Å². The van der Waals surface area contributed by atoms with Crippen LogP contribution in [0.2, 0.25) is 0 Å².